The number of rotatable bonds is 7. The van der Waals surface area contributed by atoms with E-state index < -0.39 is 61.7 Å². The Bertz CT molecular complexity index is 378. The number of aliphatic hydroxyl groups is 6. The quantitative estimate of drug-likeness (QED) is 0.232. The van der Waals surface area contributed by atoms with E-state index in [1.54, 1.807) is 6.92 Å². The summed E-state index contributed by atoms with van der Waals surface area (Å²) in [6.07, 6.45) is -9.98. The molecule has 3 unspecified atom stereocenters. The zero-order valence-corrected chi connectivity index (χ0v) is 12.9. The predicted molar refractivity (Wildman–Crippen MR) is 74.8 cm³/mol. The van der Waals surface area contributed by atoms with Gasteiger partial charge >= 0.3 is 0 Å². The van der Waals surface area contributed by atoms with Gasteiger partial charge in [0.05, 0.1) is 12.7 Å². The van der Waals surface area contributed by atoms with Crippen molar-refractivity contribution in [3.8, 4) is 0 Å². The van der Waals surface area contributed by atoms with Crippen LogP contribution in [0.1, 0.15) is 20.3 Å². The molecule has 7 atom stereocenters. The van der Waals surface area contributed by atoms with Crippen LogP contribution in [0, 0.1) is 0 Å². The Kier molecular flexibility index (Phi) is 7.77. The van der Waals surface area contributed by atoms with Crippen molar-refractivity contribution in [2.75, 3.05) is 6.61 Å². The Morgan fingerprint density at radius 1 is 1.22 bits per heavy atom. The summed E-state index contributed by atoms with van der Waals surface area (Å²) >= 11 is 0. The normalized spacial score (nSPS) is 34.2. The summed E-state index contributed by atoms with van der Waals surface area (Å²) in [4.78, 5) is 11.2. The first-order valence-electron chi connectivity index (χ1n) is 7.32. The van der Waals surface area contributed by atoms with Crippen molar-refractivity contribution in [2.45, 2.75) is 69.4 Å². The van der Waals surface area contributed by atoms with Crippen LogP contribution in [0.5, 0.6) is 0 Å². The van der Waals surface area contributed by atoms with E-state index in [1.807, 2.05) is 0 Å². The van der Waals surface area contributed by atoms with Gasteiger partial charge in [-0.1, -0.05) is 6.92 Å². The van der Waals surface area contributed by atoms with Gasteiger partial charge in [0.1, 0.15) is 30.5 Å². The fourth-order valence-electron chi connectivity index (χ4n) is 2.38. The standard InChI is InChI=1S/C13H25NO9/c1-3-6(8(12(20)21)14-5(2)16)22-13-11(19)10(18)9(17)7(4-15)23-13/h6-13,15,17-21H,3-4H2,1-2H3,(H,14,16)/t6?,7?,8-,9-,10?,11-,13+/m0/s1. The summed E-state index contributed by atoms with van der Waals surface area (Å²) in [5.74, 6) is -0.515. The fraction of sp³-hybridized carbons (Fsp3) is 0.923. The lowest BCUT2D eigenvalue weighted by Crippen LogP contribution is -2.61. The van der Waals surface area contributed by atoms with Crippen LogP contribution < -0.4 is 5.32 Å². The number of amides is 1. The molecular formula is C13H25NO9. The highest BCUT2D eigenvalue weighted by Crippen LogP contribution is 2.24. The Balaban J connectivity index is 2.85. The van der Waals surface area contributed by atoms with E-state index in [1.165, 1.54) is 6.92 Å². The number of ether oxygens (including phenoxy) is 2. The van der Waals surface area contributed by atoms with E-state index in [2.05, 4.69) is 5.32 Å². The minimum absolute atomic E-state index is 0.220. The van der Waals surface area contributed by atoms with Crippen LogP contribution in [0.25, 0.3) is 0 Å². The van der Waals surface area contributed by atoms with Crippen LogP contribution in [0.2, 0.25) is 0 Å². The molecule has 1 amide bonds. The number of carbonyl (C=O) groups excluding carboxylic acids is 1. The zero-order chi connectivity index (χ0) is 17.7. The number of hydrogen-bond acceptors (Lipinski definition) is 9. The van der Waals surface area contributed by atoms with E-state index in [-0.39, 0.29) is 6.42 Å². The lowest BCUT2D eigenvalue weighted by Gasteiger charge is -2.42. The van der Waals surface area contributed by atoms with Crippen LogP contribution in [-0.2, 0) is 14.3 Å². The molecule has 0 saturated carbocycles. The molecule has 0 bridgehead atoms. The zero-order valence-electron chi connectivity index (χ0n) is 12.9. The van der Waals surface area contributed by atoms with Crippen molar-refractivity contribution >= 4 is 5.91 Å². The van der Waals surface area contributed by atoms with E-state index in [4.69, 9.17) is 14.6 Å². The molecule has 1 fully saturated rings. The average Bonchev–Trinajstić information content (AvgIpc) is 2.50. The number of nitrogens with one attached hydrogen (secondary N) is 1. The molecule has 0 aromatic rings. The van der Waals surface area contributed by atoms with Crippen LogP contribution >= 0.6 is 0 Å². The first-order chi connectivity index (χ1) is 10.7. The van der Waals surface area contributed by atoms with Gasteiger partial charge in [0, 0.05) is 6.92 Å². The van der Waals surface area contributed by atoms with Crippen molar-refractivity contribution in [3.63, 3.8) is 0 Å². The van der Waals surface area contributed by atoms with E-state index in [9.17, 15) is 30.3 Å². The van der Waals surface area contributed by atoms with E-state index >= 15 is 0 Å². The highest BCUT2D eigenvalue weighted by atomic mass is 16.7. The molecule has 136 valence electrons. The molecule has 1 aliphatic heterocycles. The highest BCUT2D eigenvalue weighted by molar-refractivity contribution is 5.73. The molecule has 10 nitrogen and oxygen atoms in total. The summed E-state index contributed by atoms with van der Waals surface area (Å²) in [5.41, 5.74) is 0. The molecule has 0 aromatic heterocycles. The minimum Gasteiger partial charge on any atom is -0.394 e. The second-order valence-electron chi connectivity index (χ2n) is 5.42. The first kappa shape index (κ1) is 20.2. The van der Waals surface area contributed by atoms with Gasteiger partial charge in [-0.2, -0.15) is 0 Å². The lowest BCUT2D eigenvalue weighted by molar-refractivity contribution is -0.316. The van der Waals surface area contributed by atoms with Gasteiger partial charge in [0.15, 0.2) is 12.6 Å². The largest absolute Gasteiger partial charge is 0.394 e. The molecule has 0 aromatic carbocycles. The molecular weight excluding hydrogens is 314 g/mol. The van der Waals surface area contributed by atoms with Gasteiger partial charge in [0.25, 0.3) is 0 Å². The molecule has 0 spiro atoms. The van der Waals surface area contributed by atoms with Gasteiger partial charge in [-0.15, -0.1) is 0 Å². The highest BCUT2D eigenvalue weighted by Gasteiger charge is 2.45. The third kappa shape index (κ3) is 5.06. The first-order valence-corrected chi connectivity index (χ1v) is 7.32. The van der Waals surface area contributed by atoms with Crippen molar-refractivity contribution in [3.05, 3.63) is 0 Å². The lowest BCUT2D eigenvalue weighted by atomic mass is 9.99. The molecule has 1 saturated heterocycles. The van der Waals surface area contributed by atoms with Gasteiger partial charge in [-0.25, -0.2) is 0 Å². The van der Waals surface area contributed by atoms with Gasteiger partial charge in [-0.05, 0) is 6.42 Å². The Hall–Kier alpha value is -0.850. The summed E-state index contributed by atoms with van der Waals surface area (Å²) < 4.78 is 10.6. The van der Waals surface area contributed by atoms with E-state index in [0.717, 1.165) is 0 Å². The fourth-order valence-corrected chi connectivity index (χ4v) is 2.38. The smallest absolute Gasteiger partial charge is 0.217 e. The van der Waals surface area contributed by atoms with Crippen molar-refractivity contribution < 1.29 is 44.9 Å². The Morgan fingerprint density at radius 3 is 2.26 bits per heavy atom. The maximum absolute atomic E-state index is 11.2. The van der Waals surface area contributed by atoms with Crippen LogP contribution in [0.3, 0.4) is 0 Å². The topological polar surface area (TPSA) is 169 Å². The predicted octanol–water partition coefficient (Wildman–Crippen LogP) is -3.60. The van der Waals surface area contributed by atoms with Crippen LogP contribution in [0.4, 0.5) is 0 Å². The maximum Gasteiger partial charge on any atom is 0.217 e. The maximum atomic E-state index is 11.2. The van der Waals surface area contributed by atoms with Crippen molar-refractivity contribution in [2.24, 2.45) is 0 Å². The molecule has 1 aliphatic rings. The second-order valence-corrected chi connectivity index (χ2v) is 5.42. The van der Waals surface area contributed by atoms with Gasteiger partial charge in [-0.3, -0.25) is 4.79 Å². The number of aliphatic hydroxyl groups excluding tert-OH is 5. The van der Waals surface area contributed by atoms with E-state index in [0.29, 0.717) is 0 Å². The summed E-state index contributed by atoms with van der Waals surface area (Å²) in [6.45, 7) is 2.22. The summed E-state index contributed by atoms with van der Waals surface area (Å²) in [5, 5.41) is 59.5. The minimum atomic E-state index is -1.92. The Labute approximate surface area is 133 Å². The molecule has 1 rings (SSSR count). The summed E-state index contributed by atoms with van der Waals surface area (Å²) in [6, 6.07) is -1.19. The van der Waals surface area contributed by atoms with Gasteiger partial charge in [0.2, 0.25) is 5.91 Å². The second kappa shape index (κ2) is 8.85. The van der Waals surface area contributed by atoms with Crippen molar-refractivity contribution in [1.82, 2.24) is 5.32 Å². The van der Waals surface area contributed by atoms with Crippen LogP contribution in [0.15, 0.2) is 0 Å². The molecule has 10 heteroatoms. The number of hydrogen-bond donors (Lipinski definition) is 7. The van der Waals surface area contributed by atoms with Gasteiger partial charge < -0.3 is 45.4 Å². The SMILES string of the molecule is CCC(O[C@@H]1OC(CO)[C@H](O)C(O)[C@@H]1O)[C@H](NC(C)=O)C(O)O. The van der Waals surface area contributed by atoms with Crippen LogP contribution in [-0.4, -0.2) is 92.3 Å². The molecule has 1 heterocycles. The molecule has 0 aliphatic carbocycles. The third-order valence-electron chi connectivity index (χ3n) is 3.65. The molecule has 0 radical (unpaired) electrons. The molecule has 23 heavy (non-hydrogen) atoms. The third-order valence-corrected chi connectivity index (χ3v) is 3.65. The summed E-state index contributed by atoms with van der Waals surface area (Å²) in [7, 11) is 0. The number of carbonyl (C=O) groups is 1. The Morgan fingerprint density at radius 2 is 1.83 bits per heavy atom. The van der Waals surface area contributed by atoms with Crippen molar-refractivity contribution in [1.29, 1.82) is 0 Å². The molecule has 7 N–H and O–H groups in total. The monoisotopic (exact) mass is 339 g/mol. The average molecular weight is 339 g/mol.